The van der Waals surface area contributed by atoms with Gasteiger partial charge in [-0.3, -0.25) is 14.4 Å². The molecule has 44 heavy (non-hydrogen) atoms. The summed E-state index contributed by atoms with van der Waals surface area (Å²) in [6.45, 7) is 25.6. The fourth-order valence-electron chi connectivity index (χ4n) is 4.05. The zero-order valence-corrected chi connectivity index (χ0v) is 29.2. The summed E-state index contributed by atoms with van der Waals surface area (Å²) in [5.41, 5.74) is 0.331. The Morgan fingerprint density at radius 2 is 1.18 bits per heavy atom. The maximum atomic E-state index is 13.8. The van der Waals surface area contributed by atoms with Crippen molar-refractivity contribution in [3.05, 3.63) is 58.3 Å². The van der Waals surface area contributed by atoms with E-state index in [2.05, 4.69) is 47.6 Å². The summed E-state index contributed by atoms with van der Waals surface area (Å²) in [5, 5.41) is 0. The summed E-state index contributed by atoms with van der Waals surface area (Å²) in [6, 6.07) is 8.38. The largest absolute Gasteiger partial charge is 0.493 e. The molecular weight excluding hydrogens is 556 g/mol. The molecule has 0 aliphatic heterocycles. The first-order valence-corrected chi connectivity index (χ1v) is 15.2. The fourth-order valence-corrected chi connectivity index (χ4v) is 4.05. The molecule has 0 amide bonds. The molecule has 0 aliphatic rings. The molecule has 2 aromatic rings. The molecule has 0 saturated carbocycles. The number of rotatable bonds is 9. The van der Waals surface area contributed by atoms with E-state index in [-0.39, 0.29) is 17.1 Å². The molecule has 0 atom stereocenters. The Morgan fingerprint density at radius 1 is 0.705 bits per heavy atom. The van der Waals surface area contributed by atoms with Crippen LogP contribution in [0.5, 0.6) is 17.2 Å². The average molecular weight is 609 g/mol. The van der Waals surface area contributed by atoms with E-state index >= 15 is 0 Å². The van der Waals surface area contributed by atoms with Crippen LogP contribution in [-0.4, -0.2) is 31.4 Å². The van der Waals surface area contributed by atoms with Crippen molar-refractivity contribution in [3.63, 3.8) is 0 Å². The SMILES string of the molecule is CCCOc1c(C(C)(C)C)cc(C(C)(C)C)c(OC(=O)C(C)(C)C)c1C=C(OC)C(=O)c1ccc(OC(=O)C(C)(C)C)cc1. The smallest absolute Gasteiger partial charge is 0.316 e. The van der Waals surface area contributed by atoms with E-state index in [1.807, 2.05) is 6.92 Å². The minimum absolute atomic E-state index is 0.0322. The molecule has 242 valence electrons. The van der Waals surface area contributed by atoms with Gasteiger partial charge >= 0.3 is 11.9 Å². The Hall–Kier alpha value is -3.61. The molecule has 0 aliphatic carbocycles. The highest BCUT2D eigenvalue weighted by Crippen LogP contribution is 2.47. The summed E-state index contributed by atoms with van der Waals surface area (Å²) in [7, 11) is 1.43. The third-order valence-corrected chi connectivity index (χ3v) is 6.80. The van der Waals surface area contributed by atoms with Gasteiger partial charge in [-0.25, -0.2) is 0 Å². The number of esters is 2. The van der Waals surface area contributed by atoms with Crippen LogP contribution in [0.2, 0.25) is 0 Å². The Bertz CT molecular complexity index is 1380. The Balaban J connectivity index is 2.87. The molecule has 2 aromatic carbocycles. The van der Waals surface area contributed by atoms with Gasteiger partial charge < -0.3 is 18.9 Å². The minimum atomic E-state index is -0.776. The Labute approximate surface area is 264 Å². The van der Waals surface area contributed by atoms with Gasteiger partial charge in [0.25, 0.3) is 0 Å². The van der Waals surface area contributed by atoms with Crippen LogP contribution in [0.25, 0.3) is 6.08 Å². The van der Waals surface area contributed by atoms with Gasteiger partial charge in [0.1, 0.15) is 17.2 Å². The van der Waals surface area contributed by atoms with Gasteiger partial charge in [0.2, 0.25) is 5.78 Å². The normalized spacial score (nSPS) is 12.9. The predicted molar refractivity (Wildman–Crippen MR) is 176 cm³/mol. The number of benzene rings is 2. The first-order valence-electron chi connectivity index (χ1n) is 15.2. The first-order chi connectivity index (χ1) is 20.0. The highest BCUT2D eigenvalue weighted by Gasteiger charge is 2.34. The highest BCUT2D eigenvalue weighted by molar-refractivity contribution is 6.10. The number of methoxy groups -OCH3 is 1. The molecule has 2 rings (SSSR count). The van der Waals surface area contributed by atoms with Gasteiger partial charge in [0, 0.05) is 16.7 Å². The van der Waals surface area contributed by atoms with E-state index < -0.39 is 28.0 Å². The molecule has 0 radical (unpaired) electrons. The lowest BCUT2D eigenvalue weighted by atomic mass is 9.78. The quantitative estimate of drug-likeness (QED) is 0.0924. The Morgan fingerprint density at radius 3 is 1.61 bits per heavy atom. The number of carbonyl (C=O) groups is 3. The van der Waals surface area contributed by atoms with Crippen molar-refractivity contribution in [2.45, 2.75) is 107 Å². The van der Waals surface area contributed by atoms with Crippen LogP contribution >= 0.6 is 0 Å². The lowest BCUT2D eigenvalue weighted by Crippen LogP contribution is -2.28. The van der Waals surface area contributed by atoms with Crippen LogP contribution < -0.4 is 14.2 Å². The number of allylic oxidation sites excluding steroid dienone is 1. The topological polar surface area (TPSA) is 88.1 Å². The molecule has 0 aromatic heterocycles. The molecule has 7 heteroatoms. The predicted octanol–water partition coefficient (Wildman–Crippen LogP) is 8.84. The summed E-state index contributed by atoms with van der Waals surface area (Å²) >= 11 is 0. The van der Waals surface area contributed by atoms with Gasteiger partial charge in [-0.05, 0) is 95.2 Å². The number of carbonyl (C=O) groups excluding carboxylic acids is 3. The summed E-state index contributed by atoms with van der Waals surface area (Å²) in [5.74, 6) is 0.0644. The highest BCUT2D eigenvalue weighted by atomic mass is 16.5. The van der Waals surface area contributed by atoms with Crippen molar-refractivity contribution in [1.29, 1.82) is 0 Å². The maximum absolute atomic E-state index is 13.8. The van der Waals surface area contributed by atoms with Crippen molar-refractivity contribution in [3.8, 4) is 17.2 Å². The monoisotopic (exact) mass is 608 g/mol. The summed E-state index contributed by atoms with van der Waals surface area (Å²) in [4.78, 5) is 39.5. The van der Waals surface area contributed by atoms with E-state index in [4.69, 9.17) is 18.9 Å². The molecule has 0 fully saturated rings. The van der Waals surface area contributed by atoms with Gasteiger partial charge in [0.15, 0.2) is 5.76 Å². The van der Waals surface area contributed by atoms with Crippen molar-refractivity contribution in [2.75, 3.05) is 13.7 Å². The average Bonchev–Trinajstić information content (AvgIpc) is 2.88. The van der Waals surface area contributed by atoms with Crippen molar-refractivity contribution in [2.24, 2.45) is 10.8 Å². The minimum Gasteiger partial charge on any atom is -0.493 e. The second-order valence-corrected chi connectivity index (χ2v) is 15.2. The molecule has 0 saturated heterocycles. The number of hydrogen-bond donors (Lipinski definition) is 0. The zero-order valence-electron chi connectivity index (χ0n) is 29.2. The van der Waals surface area contributed by atoms with E-state index in [1.54, 1.807) is 71.9 Å². The standard InChI is InChI=1S/C37H52O7/c1-15-20-42-30-25(21-28(41-14)29(38)23-16-18-24(19-17-23)43-32(39)36(8,9)10)31(44-33(40)37(11,12)13)27(35(5,6)7)22-26(30)34(2,3)4/h16-19,21-22H,15,20H2,1-14H3. The first kappa shape index (κ1) is 36.6. The van der Waals surface area contributed by atoms with Gasteiger partial charge in [0.05, 0.1) is 30.1 Å². The van der Waals surface area contributed by atoms with Crippen LogP contribution in [-0.2, 0) is 25.2 Å². The lowest BCUT2D eigenvalue weighted by molar-refractivity contribution is -0.143. The maximum Gasteiger partial charge on any atom is 0.316 e. The second-order valence-electron chi connectivity index (χ2n) is 15.2. The van der Waals surface area contributed by atoms with Crippen molar-refractivity contribution in [1.82, 2.24) is 0 Å². The van der Waals surface area contributed by atoms with Gasteiger partial charge in [-0.2, -0.15) is 0 Å². The molecular formula is C37H52O7. The van der Waals surface area contributed by atoms with E-state index in [0.717, 1.165) is 17.5 Å². The third kappa shape index (κ3) is 9.20. The number of Topliss-reactive ketones (excluding diaryl/α,β-unsaturated/α-hetero) is 1. The van der Waals surface area contributed by atoms with Crippen molar-refractivity contribution < 1.29 is 33.3 Å². The number of ether oxygens (including phenoxy) is 4. The Kier molecular flexibility index (Phi) is 11.3. The van der Waals surface area contributed by atoms with Gasteiger partial charge in [-0.15, -0.1) is 0 Å². The van der Waals surface area contributed by atoms with Crippen molar-refractivity contribution >= 4 is 23.8 Å². The number of hydrogen-bond acceptors (Lipinski definition) is 7. The zero-order chi connectivity index (χ0) is 33.8. The third-order valence-electron chi connectivity index (χ3n) is 6.80. The number of ketones is 1. The van der Waals surface area contributed by atoms with Crippen LogP contribution in [0.3, 0.4) is 0 Å². The lowest BCUT2D eigenvalue weighted by Gasteiger charge is -2.32. The van der Waals surface area contributed by atoms with E-state index in [1.165, 1.54) is 7.11 Å². The van der Waals surface area contributed by atoms with Gasteiger partial charge in [-0.1, -0.05) is 48.5 Å². The fraction of sp³-hybridized carbons (Fsp3) is 0.541. The molecule has 0 spiro atoms. The van der Waals surface area contributed by atoms with E-state index in [9.17, 15) is 14.4 Å². The van der Waals surface area contributed by atoms with Crippen LogP contribution in [0.1, 0.15) is 123 Å². The molecule has 0 N–H and O–H groups in total. The molecule has 0 bridgehead atoms. The van der Waals surface area contributed by atoms with Crippen LogP contribution in [0, 0.1) is 10.8 Å². The second kappa shape index (κ2) is 13.6. The van der Waals surface area contributed by atoms with E-state index in [0.29, 0.717) is 35.0 Å². The molecule has 7 nitrogen and oxygen atoms in total. The summed E-state index contributed by atoms with van der Waals surface area (Å²) in [6.07, 6.45) is 2.36. The van der Waals surface area contributed by atoms with Crippen LogP contribution in [0.15, 0.2) is 36.1 Å². The molecule has 0 unspecified atom stereocenters. The van der Waals surface area contributed by atoms with Crippen LogP contribution in [0.4, 0.5) is 0 Å². The molecule has 0 heterocycles. The summed E-state index contributed by atoms with van der Waals surface area (Å²) < 4.78 is 23.7.